The van der Waals surface area contributed by atoms with E-state index in [0.717, 1.165) is 36.9 Å². The maximum atomic E-state index is 9.81. The Morgan fingerprint density at radius 3 is 1.59 bits per heavy atom. The third-order valence-electron chi connectivity index (χ3n) is 2.85. The van der Waals surface area contributed by atoms with Crippen molar-refractivity contribution in [2.75, 3.05) is 13.6 Å². The Hall–Kier alpha value is -1.02. The van der Waals surface area contributed by atoms with Gasteiger partial charge in [-0.05, 0) is 49.5 Å². The van der Waals surface area contributed by atoms with Gasteiger partial charge in [-0.1, -0.05) is 39.8 Å². The summed E-state index contributed by atoms with van der Waals surface area (Å²) in [6.07, 6.45) is 2.86. The van der Waals surface area contributed by atoms with Crippen molar-refractivity contribution >= 4 is 0 Å². The van der Waals surface area contributed by atoms with E-state index in [1.54, 1.807) is 0 Å². The summed E-state index contributed by atoms with van der Waals surface area (Å²) >= 11 is 0. The first kappa shape index (κ1) is 16.0. The molecule has 0 saturated heterocycles. The summed E-state index contributed by atoms with van der Waals surface area (Å²) < 4.78 is 0. The van der Waals surface area contributed by atoms with Gasteiger partial charge in [0.15, 0.2) is 0 Å². The molecule has 1 aromatic carbocycles. The van der Waals surface area contributed by atoms with Gasteiger partial charge in [0.1, 0.15) is 5.75 Å². The van der Waals surface area contributed by atoms with Gasteiger partial charge in [0.2, 0.25) is 0 Å². The second-order valence-corrected chi connectivity index (χ2v) is 4.03. The number of nitrogens with one attached hydrogen (secondary N) is 1. The number of aromatic hydroxyl groups is 1. The molecule has 0 unspecified atom stereocenters. The lowest BCUT2D eigenvalue weighted by Crippen LogP contribution is -2.01. The van der Waals surface area contributed by atoms with E-state index in [1.807, 2.05) is 7.05 Å². The largest absolute Gasteiger partial charge is 0.507 e. The average Bonchev–Trinajstić information content (AvgIpc) is 2.39. The molecule has 0 spiro atoms. The van der Waals surface area contributed by atoms with Crippen LogP contribution in [0.4, 0.5) is 0 Å². The molecule has 0 aliphatic carbocycles. The fourth-order valence-electron chi connectivity index (χ4n) is 1.58. The number of aryl methyl sites for hydroxylation is 3. The van der Waals surface area contributed by atoms with Gasteiger partial charge in [0.05, 0.1) is 0 Å². The molecule has 0 aromatic heterocycles. The van der Waals surface area contributed by atoms with Gasteiger partial charge in [-0.15, -0.1) is 0 Å². The summed E-state index contributed by atoms with van der Waals surface area (Å²) in [7, 11) is 1.93. The highest BCUT2D eigenvalue weighted by Crippen LogP contribution is 2.25. The molecule has 0 amide bonds. The number of phenols is 1. The highest BCUT2D eigenvalue weighted by atomic mass is 16.3. The van der Waals surface area contributed by atoms with Crippen molar-refractivity contribution in [2.24, 2.45) is 0 Å². The first-order valence-electron chi connectivity index (χ1n) is 6.62. The first-order chi connectivity index (χ1) is 8.14. The molecule has 0 bridgehead atoms. The van der Waals surface area contributed by atoms with E-state index in [4.69, 9.17) is 0 Å². The molecule has 98 valence electrons. The molecular weight excluding hydrogens is 210 g/mol. The zero-order valence-corrected chi connectivity index (χ0v) is 11.9. The molecule has 1 rings (SSSR count). The zero-order chi connectivity index (χ0) is 13.3. The van der Waals surface area contributed by atoms with Crippen LogP contribution in [0.15, 0.2) is 12.1 Å². The molecule has 0 radical (unpaired) electrons. The van der Waals surface area contributed by atoms with E-state index >= 15 is 0 Å². The van der Waals surface area contributed by atoms with Crippen LogP contribution in [0.5, 0.6) is 5.75 Å². The number of hydrogen-bond acceptors (Lipinski definition) is 2. The monoisotopic (exact) mass is 237 g/mol. The van der Waals surface area contributed by atoms with Crippen LogP contribution in [0.25, 0.3) is 0 Å². The fourth-order valence-corrected chi connectivity index (χ4v) is 1.58. The summed E-state index contributed by atoms with van der Waals surface area (Å²) in [5, 5.41) is 12.7. The molecule has 17 heavy (non-hydrogen) atoms. The van der Waals surface area contributed by atoms with Gasteiger partial charge in [-0.3, -0.25) is 0 Å². The summed E-state index contributed by atoms with van der Waals surface area (Å²) in [6, 6.07) is 4.21. The van der Waals surface area contributed by atoms with Crippen LogP contribution in [-0.2, 0) is 19.3 Å². The van der Waals surface area contributed by atoms with Crippen molar-refractivity contribution in [1.29, 1.82) is 0 Å². The maximum Gasteiger partial charge on any atom is 0.121 e. The second-order valence-electron chi connectivity index (χ2n) is 4.03. The van der Waals surface area contributed by atoms with E-state index in [9.17, 15) is 5.11 Å². The normalized spacial score (nSPS) is 9.71. The van der Waals surface area contributed by atoms with E-state index in [2.05, 4.69) is 45.1 Å². The number of phenolic OH excluding ortho intramolecular Hbond substituents is 1. The molecule has 1 aromatic rings. The zero-order valence-electron chi connectivity index (χ0n) is 11.9. The first-order valence-corrected chi connectivity index (χ1v) is 6.62. The van der Waals surface area contributed by atoms with E-state index in [0.29, 0.717) is 5.75 Å². The van der Waals surface area contributed by atoms with E-state index < -0.39 is 0 Å². The molecule has 2 N–H and O–H groups in total. The molecule has 0 atom stereocenters. The van der Waals surface area contributed by atoms with E-state index in [-0.39, 0.29) is 0 Å². The van der Waals surface area contributed by atoms with Crippen molar-refractivity contribution < 1.29 is 5.11 Å². The van der Waals surface area contributed by atoms with Crippen molar-refractivity contribution in [1.82, 2.24) is 5.32 Å². The molecular formula is C15H27NO. The molecule has 2 heteroatoms. The predicted octanol–water partition coefficient (Wildman–Crippen LogP) is 3.31. The average molecular weight is 237 g/mol. The highest BCUT2D eigenvalue weighted by molar-refractivity contribution is 5.43. The maximum absolute atomic E-state index is 9.81. The number of rotatable bonds is 4. The van der Waals surface area contributed by atoms with Crippen molar-refractivity contribution in [3.05, 3.63) is 28.8 Å². The molecule has 0 aliphatic heterocycles. The molecule has 2 nitrogen and oxygen atoms in total. The molecule has 0 fully saturated rings. The third kappa shape index (κ3) is 5.22. The standard InChI is InChI=1S/C12H18O.C3H9N/c1-4-9-7-10(5-2)12(13)11(6-3)8-9;1-3-4-2/h7-8,13H,4-6H2,1-3H3;4H,3H2,1-2H3. The van der Waals surface area contributed by atoms with Gasteiger partial charge in [-0.25, -0.2) is 0 Å². The Bertz CT molecular complexity index is 294. The van der Waals surface area contributed by atoms with Gasteiger partial charge < -0.3 is 10.4 Å². The Morgan fingerprint density at radius 1 is 0.941 bits per heavy atom. The Balaban J connectivity index is 0.000000557. The second kappa shape index (κ2) is 9.06. The number of hydrogen-bond donors (Lipinski definition) is 2. The molecule has 0 aliphatic rings. The van der Waals surface area contributed by atoms with Gasteiger partial charge >= 0.3 is 0 Å². The lowest BCUT2D eigenvalue weighted by molar-refractivity contribution is 0.462. The molecule has 0 saturated carbocycles. The summed E-state index contributed by atoms with van der Waals surface area (Å²) in [5.74, 6) is 0.502. The van der Waals surface area contributed by atoms with Crippen LogP contribution >= 0.6 is 0 Å². The van der Waals surface area contributed by atoms with Crippen molar-refractivity contribution in [3.8, 4) is 5.75 Å². The third-order valence-corrected chi connectivity index (χ3v) is 2.85. The fraction of sp³-hybridized carbons (Fsp3) is 0.600. The van der Waals surface area contributed by atoms with Crippen LogP contribution < -0.4 is 5.32 Å². The minimum atomic E-state index is 0.502. The predicted molar refractivity (Wildman–Crippen MR) is 75.8 cm³/mol. The quantitative estimate of drug-likeness (QED) is 0.842. The van der Waals surface area contributed by atoms with Crippen LogP contribution in [0.1, 0.15) is 44.4 Å². The number of benzene rings is 1. The van der Waals surface area contributed by atoms with Gasteiger partial charge in [-0.2, -0.15) is 0 Å². The van der Waals surface area contributed by atoms with Crippen LogP contribution in [0, 0.1) is 0 Å². The minimum Gasteiger partial charge on any atom is -0.507 e. The summed E-state index contributed by atoms with van der Waals surface area (Å²) in [4.78, 5) is 0. The lowest BCUT2D eigenvalue weighted by Gasteiger charge is -2.09. The Morgan fingerprint density at radius 2 is 1.35 bits per heavy atom. The highest BCUT2D eigenvalue weighted by Gasteiger charge is 2.05. The van der Waals surface area contributed by atoms with Crippen molar-refractivity contribution in [2.45, 2.75) is 47.0 Å². The lowest BCUT2D eigenvalue weighted by atomic mass is 9.99. The Labute approximate surface area is 106 Å². The Kier molecular flexibility index (Phi) is 8.51. The topological polar surface area (TPSA) is 32.3 Å². The molecule has 0 heterocycles. The van der Waals surface area contributed by atoms with Crippen LogP contribution in [0.3, 0.4) is 0 Å². The SMILES string of the molecule is CCNC.CCc1cc(CC)c(O)c(CC)c1. The van der Waals surface area contributed by atoms with Crippen LogP contribution in [0.2, 0.25) is 0 Å². The van der Waals surface area contributed by atoms with E-state index in [1.165, 1.54) is 5.56 Å². The summed E-state index contributed by atoms with van der Waals surface area (Å²) in [5.41, 5.74) is 3.49. The smallest absolute Gasteiger partial charge is 0.121 e. The van der Waals surface area contributed by atoms with Crippen LogP contribution in [-0.4, -0.2) is 18.7 Å². The summed E-state index contributed by atoms with van der Waals surface area (Å²) in [6.45, 7) is 9.44. The van der Waals surface area contributed by atoms with Crippen molar-refractivity contribution in [3.63, 3.8) is 0 Å². The van der Waals surface area contributed by atoms with Gasteiger partial charge in [0, 0.05) is 0 Å². The van der Waals surface area contributed by atoms with Gasteiger partial charge in [0.25, 0.3) is 0 Å². The minimum absolute atomic E-state index is 0.502.